The van der Waals surface area contributed by atoms with Gasteiger partial charge in [-0.15, -0.1) is 6.42 Å². The van der Waals surface area contributed by atoms with Crippen LogP contribution in [0.5, 0.6) is 17.6 Å². The van der Waals surface area contributed by atoms with Gasteiger partial charge in [0.1, 0.15) is 5.60 Å². The average Bonchev–Trinajstić information content (AvgIpc) is 3.55. The molecule has 41 heavy (non-hydrogen) atoms. The first-order valence-corrected chi connectivity index (χ1v) is 14.2. The van der Waals surface area contributed by atoms with E-state index in [4.69, 9.17) is 20.6 Å². The van der Waals surface area contributed by atoms with E-state index in [9.17, 15) is 15.5 Å². The summed E-state index contributed by atoms with van der Waals surface area (Å²) in [5.41, 5.74) is 1.35. The molecule has 4 aromatic rings. The Kier molecular flexibility index (Phi) is 6.79. The smallest absolute Gasteiger partial charge is 0.217 e. The lowest BCUT2D eigenvalue weighted by molar-refractivity contribution is -0.0877. The summed E-state index contributed by atoms with van der Waals surface area (Å²) in [6.07, 6.45) is 7.17. The summed E-state index contributed by atoms with van der Waals surface area (Å²) in [5, 5.41) is 34.8. The predicted molar refractivity (Wildman–Crippen MR) is 153 cm³/mol. The van der Waals surface area contributed by atoms with E-state index in [0.29, 0.717) is 70.7 Å². The number of nitrogens with zero attached hydrogens (tertiary/aromatic N) is 4. The predicted octanol–water partition coefficient (Wildman–Crippen LogP) is 5.28. The molecular formula is C31H28N4O5S. The van der Waals surface area contributed by atoms with Crippen molar-refractivity contribution in [1.29, 1.82) is 5.26 Å². The number of aromatic hydroxyl groups is 2. The molecular weight excluding hydrogens is 540 g/mol. The van der Waals surface area contributed by atoms with E-state index >= 15 is 0 Å². The fourth-order valence-electron chi connectivity index (χ4n) is 6.15. The van der Waals surface area contributed by atoms with Gasteiger partial charge in [-0.05, 0) is 31.9 Å². The Balaban J connectivity index is 1.34. The van der Waals surface area contributed by atoms with Crippen molar-refractivity contribution < 1.29 is 24.4 Å². The summed E-state index contributed by atoms with van der Waals surface area (Å²) in [6.45, 7) is 2.50. The zero-order chi connectivity index (χ0) is 28.8. The molecule has 1 fully saturated rings. The second kappa shape index (κ2) is 10.3. The maximum atomic E-state index is 11.7. The number of thioether (sulfide) groups is 1. The number of methoxy groups -OCH3 is 1. The third kappa shape index (κ3) is 4.36. The second-order valence-corrected chi connectivity index (χ2v) is 11.3. The molecule has 1 saturated heterocycles. The van der Waals surface area contributed by atoms with Gasteiger partial charge in [0.25, 0.3) is 0 Å². The number of benzene rings is 2. The third-order valence-electron chi connectivity index (χ3n) is 7.86. The van der Waals surface area contributed by atoms with Crippen molar-refractivity contribution in [3.05, 3.63) is 64.8 Å². The number of fused-ring (bicyclic) bond motifs is 6. The van der Waals surface area contributed by atoms with Gasteiger partial charge in [0.05, 0.1) is 58.7 Å². The van der Waals surface area contributed by atoms with Gasteiger partial charge in [-0.1, -0.05) is 41.9 Å². The van der Waals surface area contributed by atoms with Gasteiger partial charge in [0, 0.05) is 30.4 Å². The number of terminal acetylenes is 1. The molecule has 2 atom stereocenters. The normalized spacial score (nSPS) is 20.6. The van der Waals surface area contributed by atoms with Gasteiger partial charge in [0.15, 0.2) is 5.16 Å². The number of hydrogen-bond acceptors (Lipinski definition) is 9. The zero-order valence-electron chi connectivity index (χ0n) is 22.7. The Morgan fingerprint density at radius 2 is 1.90 bits per heavy atom. The molecule has 0 spiro atoms. The van der Waals surface area contributed by atoms with Gasteiger partial charge in [-0.2, -0.15) is 10.2 Å². The Morgan fingerprint density at radius 3 is 2.66 bits per heavy atom. The number of nitriles is 1. The Hall–Kier alpha value is -4.22. The number of hydrogen-bond donors (Lipinski definition) is 2. The van der Waals surface area contributed by atoms with E-state index < -0.39 is 11.2 Å². The standard InChI is InChI=1S/C31H28N4O5S/c1-4-15-41-29-33-20(18-38-3)16-24(34-29)39-14-13-31-12-11-30(2,40-31)25-26(31)28(37)35(27(25)36)23-10-9-19(17-32)21-7-5-6-8-22(21)23/h1,5-10,16,36-37H,11-15,18H2,2-3H3/t30-,31-/m1/s1. The topological polar surface area (TPSA) is 123 Å². The molecule has 2 aromatic heterocycles. The van der Waals surface area contributed by atoms with Crippen LogP contribution in [0.2, 0.25) is 0 Å². The van der Waals surface area contributed by atoms with Crippen LogP contribution in [0.25, 0.3) is 16.5 Å². The van der Waals surface area contributed by atoms with E-state index in [0.717, 1.165) is 10.8 Å². The van der Waals surface area contributed by atoms with Crippen LogP contribution in [-0.4, -0.2) is 44.2 Å². The van der Waals surface area contributed by atoms with Crippen molar-refractivity contribution >= 4 is 22.5 Å². The van der Waals surface area contributed by atoms with Crippen LogP contribution in [0.1, 0.15) is 48.6 Å². The first kappa shape index (κ1) is 27.0. The van der Waals surface area contributed by atoms with E-state index in [1.54, 1.807) is 25.3 Å². The Labute approximate surface area is 241 Å². The number of aromatic nitrogens is 3. The summed E-state index contributed by atoms with van der Waals surface area (Å²) in [6, 6.07) is 14.9. The Morgan fingerprint density at radius 1 is 1.12 bits per heavy atom. The van der Waals surface area contributed by atoms with Crippen LogP contribution in [0.3, 0.4) is 0 Å². The zero-order valence-corrected chi connectivity index (χ0v) is 23.5. The maximum absolute atomic E-state index is 11.7. The van der Waals surface area contributed by atoms with E-state index in [1.165, 1.54) is 16.3 Å². The molecule has 2 aliphatic rings. The highest BCUT2D eigenvalue weighted by Gasteiger charge is 2.61. The molecule has 0 unspecified atom stereocenters. The van der Waals surface area contributed by atoms with Crippen molar-refractivity contribution in [2.75, 3.05) is 19.5 Å². The minimum Gasteiger partial charge on any atom is -0.494 e. The summed E-state index contributed by atoms with van der Waals surface area (Å²) in [7, 11) is 1.59. The van der Waals surface area contributed by atoms with Crippen molar-refractivity contribution in [3.8, 4) is 41.7 Å². The van der Waals surface area contributed by atoms with E-state index in [1.807, 2.05) is 31.2 Å². The average molecular weight is 569 g/mol. The fraction of sp³-hybridized carbons (Fsp3) is 0.323. The molecule has 2 N–H and O–H groups in total. The highest BCUT2D eigenvalue weighted by Crippen LogP contribution is 2.65. The third-order valence-corrected chi connectivity index (χ3v) is 8.61. The Bertz CT molecular complexity index is 1760. The molecule has 208 valence electrons. The molecule has 2 bridgehead atoms. The quantitative estimate of drug-likeness (QED) is 0.158. The van der Waals surface area contributed by atoms with Crippen LogP contribution < -0.4 is 4.74 Å². The molecule has 9 nitrogen and oxygen atoms in total. The highest BCUT2D eigenvalue weighted by molar-refractivity contribution is 7.99. The van der Waals surface area contributed by atoms with Crippen molar-refractivity contribution in [3.63, 3.8) is 0 Å². The van der Waals surface area contributed by atoms with Crippen LogP contribution in [0.4, 0.5) is 0 Å². The number of rotatable bonds is 9. The van der Waals surface area contributed by atoms with Gasteiger partial charge in [0.2, 0.25) is 17.6 Å². The molecule has 4 heterocycles. The number of ether oxygens (including phenoxy) is 3. The van der Waals surface area contributed by atoms with Crippen molar-refractivity contribution in [2.45, 2.75) is 49.2 Å². The molecule has 2 aliphatic heterocycles. The highest BCUT2D eigenvalue weighted by atomic mass is 32.2. The maximum Gasteiger partial charge on any atom is 0.217 e. The molecule has 6 rings (SSSR count). The fourth-order valence-corrected chi connectivity index (χ4v) is 6.70. The van der Waals surface area contributed by atoms with Gasteiger partial charge in [-0.3, -0.25) is 4.57 Å². The van der Waals surface area contributed by atoms with Crippen molar-refractivity contribution in [1.82, 2.24) is 14.5 Å². The van der Waals surface area contributed by atoms with Gasteiger partial charge >= 0.3 is 0 Å². The van der Waals surface area contributed by atoms with Crippen LogP contribution in [0, 0.1) is 23.7 Å². The van der Waals surface area contributed by atoms with Crippen LogP contribution >= 0.6 is 11.8 Å². The molecule has 0 aliphatic carbocycles. The summed E-state index contributed by atoms with van der Waals surface area (Å²) in [5.74, 6) is 3.26. The lowest BCUT2D eigenvalue weighted by Gasteiger charge is -2.26. The minimum absolute atomic E-state index is 0.0625. The molecule has 0 amide bonds. The largest absolute Gasteiger partial charge is 0.494 e. The van der Waals surface area contributed by atoms with Crippen molar-refractivity contribution in [2.24, 2.45) is 0 Å². The molecule has 2 aromatic carbocycles. The molecule has 0 saturated carbocycles. The van der Waals surface area contributed by atoms with E-state index in [-0.39, 0.29) is 18.4 Å². The van der Waals surface area contributed by atoms with E-state index in [2.05, 4.69) is 22.0 Å². The lowest BCUT2D eigenvalue weighted by atomic mass is 9.78. The van der Waals surface area contributed by atoms with Gasteiger partial charge < -0.3 is 24.4 Å². The molecule has 0 radical (unpaired) electrons. The summed E-state index contributed by atoms with van der Waals surface area (Å²) >= 11 is 1.34. The van der Waals surface area contributed by atoms with Crippen LogP contribution in [0.15, 0.2) is 47.6 Å². The summed E-state index contributed by atoms with van der Waals surface area (Å²) < 4.78 is 19.4. The monoisotopic (exact) mass is 568 g/mol. The first-order chi connectivity index (χ1) is 19.8. The first-order valence-electron chi connectivity index (χ1n) is 13.2. The SMILES string of the molecule is C#CCSc1nc(COC)cc(OCC[C@@]23CC[C@@](C)(O2)c2c3c(O)n(-c3ccc(C#N)c4ccccc34)c2O)n1. The molecule has 10 heteroatoms. The van der Waals surface area contributed by atoms with Gasteiger partial charge in [-0.25, -0.2) is 4.98 Å². The minimum atomic E-state index is -0.845. The summed E-state index contributed by atoms with van der Waals surface area (Å²) in [4.78, 5) is 8.93. The second-order valence-electron chi connectivity index (χ2n) is 10.4. The van der Waals surface area contributed by atoms with Crippen LogP contribution in [-0.2, 0) is 27.3 Å². The lowest BCUT2D eigenvalue weighted by Crippen LogP contribution is -2.25.